The van der Waals surface area contributed by atoms with Gasteiger partial charge in [0.05, 0.1) is 0 Å². The standard InChI is InChI=1S/C12H12N2OS/c13-12-7-10(14-15-12)8-3-1-5-11-9(8)4-2-6-16-11/h1,3,5,7H,2,4,6,13H2. The number of rotatable bonds is 1. The van der Waals surface area contributed by atoms with Gasteiger partial charge < -0.3 is 10.3 Å². The zero-order valence-electron chi connectivity index (χ0n) is 8.77. The van der Waals surface area contributed by atoms with Crippen LogP contribution >= 0.6 is 11.8 Å². The Morgan fingerprint density at radius 2 is 2.31 bits per heavy atom. The van der Waals surface area contributed by atoms with Crippen LogP contribution in [0.4, 0.5) is 5.88 Å². The van der Waals surface area contributed by atoms with Crippen LogP contribution in [0.15, 0.2) is 33.7 Å². The van der Waals surface area contributed by atoms with Gasteiger partial charge in [0, 0.05) is 16.5 Å². The number of hydrogen-bond acceptors (Lipinski definition) is 4. The molecule has 0 atom stereocenters. The van der Waals surface area contributed by atoms with E-state index in [0.29, 0.717) is 5.88 Å². The van der Waals surface area contributed by atoms with Gasteiger partial charge in [-0.05, 0) is 30.2 Å². The quantitative estimate of drug-likeness (QED) is 0.821. The van der Waals surface area contributed by atoms with Crippen molar-refractivity contribution < 1.29 is 4.52 Å². The van der Waals surface area contributed by atoms with Crippen molar-refractivity contribution in [1.29, 1.82) is 0 Å². The fourth-order valence-corrected chi connectivity index (χ4v) is 3.12. The Kier molecular flexibility index (Phi) is 2.36. The van der Waals surface area contributed by atoms with E-state index in [-0.39, 0.29) is 0 Å². The highest BCUT2D eigenvalue weighted by Crippen LogP contribution is 2.36. The third-order valence-electron chi connectivity index (χ3n) is 2.77. The minimum Gasteiger partial charge on any atom is -0.368 e. The monoisotopic (exact) mass is 232 g/mol. The molecule has 1 aromatic carbocycles. The molecule has 0 saturated carbocycles. The van der Waals surface area contributed by atoms with Crippen LogP contribution < -0.4 is 5.73 Å². The van der Waals surface area contributed by atoms with E-state index >= 15 is 0 Å². The number of nitrogens with zero attached hydrogens (tertiary/aromatic N) is 1. The maximum Gasteiger partial charge on any atom is 0.222 e. The molecule has 3 nitrogen and oxygen atoms in total. The van der Waals surface area contributed by atoms with Crippen LogP contribution in [0.1, 0.15) is 12.0 Å². The summed E-state index contributed by atoms with van der Waals surface area (Å²) in [6.07, 6.45) is 2.34. The predicted molar refractivity (Wildman–Crippen MR) is 65.4 cm³/mol. The number of thioether (sulfide) groups is 1. The highest BCUT2D eigenvalue weighted by Gasteiger charge is 2.16. The average Bonchev–Trinajstić information content (AvgIpc) is 2.75. The van der Waals surface area contributed by atoms with Crippen LogP contribution in [-0.2, 0) is 6.42 Å². The lowest BCUT2D eigenvalue weighted by Gasteiger charge is -2.17. The molecule has 4 heteroatoms. The van der Waals surface area contributed by atoms with Gasteiger partial charge in [-0.15, -0.1) is 11.8 Å². The molecular weight excluding hydrogens is 220 g/mol. The first-order chi connectivity index (χ1) is 7.84. The van der Waals surface area contributed by atoms with Gasteiger partial charge in [0.1, 0.15) is 5.69 Å². The molecule has 3 rings (SSSR count). The van der Waals surface area contributed by atoms with Gasteiger partial charge in [0.15, 0.2) is 0 Å². The number of anilines is 1. The second kappa shape index (κ2) is 3.87. The first-order valence-electron chi connectivity index (χ1n) is 5.32. The largest absolute Gasteiger partial charge is 0.368 e. The lowest BCUT2D eigenvalue weighted by Crippen LogP contribution is -2.00. The van der Waals surface area contributed by atoms with Crippen molar-refractivity contribution in [3.05, 3.63) is 29.8 Å². The van der Waals surface area contributed by atoms with E-state index in [0.717, 1.165) is 17.7 Å². The van der Waals surface area contributed by atoms with Crippen molar-refractivity contribution in [3.8, 4) is 11.3 Å². The predicted octanol–water partition coefficient (Wildman–Crippen LogP) is 2.96. The Morgan fingerprint density at radius 1 is 1.38 bits per heavy atom. The molecule has 1 aliphatic heterocycles. The van der Waals surface area contributed by atoms with Gasteiger partial charge in [0.2, 0.25) is 5.88 Å². The highest BCUT2D eigenvalue weighted by atomic mass is 32.2. The van der Waals surface area contributed by atoms with Crippen LogP contribution in [-0.4, -0.2) is 10.9 Å². The summed E-state index contributed by atoms with van der Waals surface area (Å²) in [6.45, 7) is 0. The van der Waals surface area contributed by atoms with Crippen LogP contribution in [0.2, 0.25) is 0 Å². The summed E-state index contributed by atoms with van der Waals surface area (Å²) in [5.74, 6) is 1.58. The molecule has 0 spiro atoms. The zero-order chi connectivity index (χ0) is 11.0. The molecular formula is C12H12N2OS. The maximum absolute atomic E-state index is 5.56. The van der Waals surface area contributed by atoms with Crippen molar-refractivity contribution in [1.82, 2.24) is 5.16 Å². The second-order valence-corrected chi connectivity index (χ2v) is 4.99. The average molecular weight is 232 g/mol. The Bertz CT molecular complexity index is 521. The van der Waals surface area contributed by atoms with E-state index in [1.807, 2.05) is 11.8 Å². The van der Waals surface area contributed by atoms with Crippen molar-refractivity contribution in [2.45, 2.75) is 17.7 Å². The van der Waals surface area contributed by atoms with Crippen LogP contribution in [0, 0.1) is 0 Å². The lowest BCUT2D eigenvalue weighted by atomic mass is 10.0. The summed E-state index contributed by atoms with van der Waals surface area (Å²) in [7, 11) is 0. The third kappa shape index (κ3) is 1.59. The van der Waals surface area contributed by atoms with Gasteiger partial charge in [-0.3, -0.25) is 0 Å². The molecule has 0 unspecified atom stereocenters. The molecule has 0 fully saturated rings. The number of nitrogens with two attached hydrogens (primary N) is 1. The topological polar surface area (TPSA) is 52.0 Å². The van der Waals surface area contributed by atoms with Crippen molar-refractivity contribution in [2.75, 3.05) is 11.5 Å². The maximum atomic E-state index is 5.56. The number of nitrogen functional groups attached to an aromatic ring is 1. The van der Waals surface area contributed by atoms with E-state index in [2.05, 4.69) is 23.4 Å². The molecule has 16 heavy (non-hydrogen) atoms. The minimum absolute atomic E-state index is 0.371. The van der Waals surface area contributed by atoms with Crippen molar-refractivity contribution >= 4 is 17.6 Å². The summed E-state index contributed by atoms with van der Waals surface area (Å²) >= 11 is 1.91. The van der Waals surface area contributed by atoms with E-state index in [9.17, 15) is 0 Å². The number of benzene rings is 1. The molecule has 0 aliphatic carbocycles. The van der Waals surface area contributed by atoms with Crippen LogP contribution in [0.5, 0.6) is 0 Å². The molecule has 0 saturated heterocycles. The molecule has 2 N–H and O–H groups in total. The number of aromatic nitrogens is 1. The molecule has 0 amide bonds. The Labute approximate surface area is 98.0 Å². The normalized spacial score (nSPS) is 14.8. The second-order valence-electron chi connectivity index (χ2n) is 3.85. The summed E-state index contributed by atoms with van der Waals surface area (Å²) in [4.78, 5) is 1.37. The van der Waals surface area contributed by atoms with Crippen LogP contribution in [0.25, 0.3) is 11.3 Å². The van der Waals surface area contributed by atoms with Crippen molar-refractivity contribution in [2.24, 2.45) is 0 Å². The SMILES string of the molecule is Nc1cc(-c2cccc3c2CCCS3)no1. The van der Waals surface area contributed by atoms with Crippen LogP contribution in [0.3, 0.4) is 0 Å². The highest BCUT2D eigenvalue weighted by molar-refractivity contribution is 7.99. The van der Waals surface area contributed by atoms with E-state index in [1.165, 1.54) is 22.6 Å². The molecule has 0 radical (unpaired) electrons. The molecule has 1 aromatic heterocycles. The lowest BCUT2D eigenvalue weighted by molar-refractivity contribution is 0.439. The first kappa shape index (κ1) is 9.78. The first-order valence-corrected chi connectivity index (χ1v) is 6.30. The Morgan fingerprint density at radius 3 is 3.12 bits per heavy atom. The molecule has 82 valence electrons. The summed E-state index contributed by atoms with van der Waals surface area (Å²) in [5, 5.41) is 3.98. The van der Waals surface area contributed by atoms with Gasteiger partial charge in [-0.1, -0.05) is 17.3 Å². The summed E-state index contributed by atoms with van der Waals surface area (Å²) in [5.41, 5.74) is 8.94. The van der Waals surface area contributed by atoms with Gasteiger partial charge >= 0.3 is 0 Å². The van der Waals surface area contributed by atoms with Crippen molar-refractivity contribution in [3.63, 3.8) is 0 Å². The molecule has 0 bridgehead atoms. The smallest absolute Gasteiger partial charge is 0.222 e. The van der Waals surface area contributed by atoms with E-state index in [4.69, 9.17) is 10.3 Å². The summed E-state index contributed by atoms with van der Waals surface area (Å²) < 4.78 is 4.93. The molecule has 2 heterocycles. The fourth-order valence-electron chi connectivity index (χ4n) is 2.05. The minimum atomic E-state index is 0.371. The van der Waals surface area contributed by atoms with E-state index in [1.54, 1.807) is 6.07 Å². The van der Waals surface area contributed by atoms with Gasteiger partial charge in [-0.25, -0.2) is 0 Å². The number of hydrogen-bond donors (Lipinski definition) is 1. The Hall–Kier alpha value is -1.42. The Balaban J connectivity index is 2.13. The third-order valence-corrected chi connectivity index (χ3v) is 3.95. The fraction of sp³-hybridized carbons (Fsp3) is 0.250. The zero-order valence-corrected chi connectivity index (χ0v) is 9.59. The number of fused-ring (bicyclic) bond motifs is 1. The van der Waals surface area contributed by atoms with Gasteiger partial charge in [-0.2, -0.15) is 0 Å². The molecule has 1 aliphatic rings. The molecule has 2 aromatic rings. The van der Waals surface area contributed by atoms with Gasteiger partial charge in [0.25, 0.3) is 0 Å². The summed E-state index contributed by atoms with van der Waals surface area (Å²) in [6, 6.07) is 8.11. The van der Waals surface area contributed by atoms with E-state index < -0.39 is 0 Å².